The Kier molecular flexibility index (Phi) is 6.15. The van der Waals surface area contributed by atoms with E-state index in [2.05, 4.69) is 5.43 Å². The molecule has 5 N–H and O–H groups in total. The quantitative estimate of drug-likeness (QED) is 0.262. The fraction of sp³-hybridized carbons (Fsp3) is 0.889. The number of amides is 1. The van der Waals surface area contributed by atoms with Gasteiger partial charge in [0.05, 0.1) is 5.41 Å². The molecule has 4 nitrogen and oxygen atoms in total. The van der Waals surface area contributed by atoms with Gasteiger partial charge in [0, 0.05) is 11.8 Å². The van der Waals surface area contributed by atoms with Crippen LogP contribution in [0, 0.1) is 5.41 Å². The highest BCUT2D eigenvalue weighted by Gasteiger charge is 2.26. The van der Waals surface area contributed by atoms with Crippen molar-refractivity contribution in [1.29, 1.82) is 0 Å². The van der Waals surface area contributed by atoms with Crippen molar-refractivity contribution in [3.8, 4) is 0 Å². The van der Waals surface area contributed by atoms with E-state index in [4.69, 9.17) is 11.6 Å². The summed E-state index contributed by atoms with van der Waals surface area (Å²) in [5.41, 5.74) is 7.39. The van der Waals surface area contributed by atoms with Crippen LogP contribution in [0.1, 0.15) is 27.2 Å². The summed E-state index contributed by atoms with van der Waals surface area (Å²) in [4.78, 5) is 11.3. The molecule has 0 saturated heterocycles. The highest BCUT2D eigenvalue weighted by atomic mass is 32.2. The number of carbonyl (C=O) groups excluding carboxylic acids is 1. The third-order valence-electron chi connectivity index (χ3n) is 1.93. The summed E-state index contributed by atoms with van der Waals surface area (Å²) in [5, 5.41) is 0. The van der Waals surface area contributed by atoms with Gasteiger partial charge in [0.1, 0.15) is 0 Å². The standard InChI is InChI=1S/C9H21N3OS/c1-7(10)4-5-14-6-9(2,3)8(13)12-11/h7H,4-6,10-11H2,1-3H3,(H,12,13). The van der Waals surface area contributed by atoms with Crippen LogP contribution in [0.3, 0.4) is 0 Å². The van der Waals surface area contributed by atoms with Crippen molar-refractivity contribution in [3.05, 3.63) is 0 Å². The highest BCUT2D eigenvalue weighted by Crippen LogP contribution is 2.22. The van der Waals surface area contributed by atoms with Gasteiger partial charge in [-0.25, -0.2) is 5.84 Å². The van der Waals surface area contributed by atoms with E-state index in [1.165, 1.54) is 0 Å². The van der Waals surface area contributed by atoms with E-state index >= 15 is 0 Å². The van der Waals surface area contributed by atoms with Crippen LogP contribution < -0.4 is 17.0 Å². The van der Waals surface area contributed by atoms with Crippen LogP contribution in [-0.2, 0) is 4.79 Å². The highest BCUT2D eigenvalue weighted by molar-refractivity contribution is 7.99. The molecule has 0 bridgehead atoms. The maximum Gasteiger partial charge on any atom is 0.240 e. The van der Waals surface area contributed by atoms with Crippen molar-refractivity contribution in [2.75, 3.05) is 11.5 Å². The zero-order chi connectivity index (χ0) is 11.2. The first-order chi connectivity index (χ1) is 6.40. The number of nitrogens with one attached hydrogen (secondary N) is 1. The predicted molar refractivity (Wildman–Crippen MR) is 61.7 cm³/mol. The van der Waals surface area contributed by atoms with Crippen LogP contribution in [0.4, 0.5) is 0 Å². The summed E-state index contributed by atoms with van der Waals surface area (Å²) >= 11 is 1.74. The van der Waals surface area contributed by atoms with Gasteiger partial charge in [0.25, 0.3) is 0 Å². The fourth-order valence-corrected chi connectivity index (χ4v) is 2.18. The summed E-state index contributed by atoms with van der Waals surface area (Å²) in [6.45, 7) is 5.75. The number of nitrogens with two attached hydrogens (primary N) is 2. The molecule has 0 spiro atoms. The summed E-state index contributed by atoms with van der Waals surface area (Å²) < 4.78 is 0. The molecule has 0 aliphatic carbocycles. The molecule has 84 valence electrons. The first kappa shape index (κ1) is 13.7. The molecular formula is C9H21N3OS. The van der Waals surface area contributed by atoms with Gasteiger partial charge in [0.2, 0.25) is 5.91 Å². The van der Waals surface area contributed by atoms with Gasteiger partial charge in [-0.2, -0.15) is 11.8 Å². The summed E-state index contributed by atoms with van der Waals surface area (Å²) in [5.74, 6) is 6.71. The lowest BCUT2D eigenvalue weighted by molar-refractivity contribution is -0.128. The number of hydrogen-bond donors (Lipinski definition) is 3. The zero-order valence-electron chi connectivity index (χ0n) is 9.17. The Labute approximate surface area is 90.1 Å². The van der Waals surface area contributed by atoms with Gasteiger partial charge in [-0.05, 0) is 19.1 Å². The molecule has 0 heterocycles. The molecule has 1 unspecified atom stereocenters. The topological polar surface area (TPSA) is 81.1 Å². The van der Waals surface area contributed by atoms with E-state index in [0.29, 0.717) is 0 Å². The van der Waals surface area contributed by atoms with E-state index in [9.17, 15) is 4.79 Å². The lowest BCUT2D eigenvalue weighted by Crippen LogP contribution is -2.42. The van der Waals surface area contributed by atoms with E-state index in [1.807, 2.05) is 20.8 Å². The lowest BCUT2D eigenvalue weighted by atomic mass is 9.96. The lowest BCUT2D eigenvalue weighted by Gasteiger charge is -2.21. The Morgan fingerprint density at radius 3 is 2.57 bits per heavy atom. The van der Waals surface area contributed by atoms with E-state index < -0.39 is 5.41 Å². The third-order valence-corrected chi connectivity index (χ3v) is 3.38. The Hall–Kier alpha value is -0.260. The Bertz CT molecular complexity index is 183. The fourth-order valence-electron chi connectivity index (χ4n) is 0.857. The van der Waals surface area contributed by atoms with E-state index in [-0.39, 0.29) is 11.9 Å². The van der Waals surface area contributed by atoms with Gasteiger partial charge >= 0.3 is 0 Å². The Morgan fingerprint density at radius 1 is 1.57 bits per heavy atom. The largest absolute Gasteiger partial charge is 0.328 e. The van der Waals surface area contributed by atoms with Crippen LogP contribution in [0.25, 0.3) is 0 Å². The van der Waals surface area contributed by atoms with Gasteiger partial charge in [-0.1, -0.05) is 13.8 Å². The average Bonchev–Trinajstić information content (AvgIpc) is 2.10. The van der Waals surface area contributed by atoms with Crippen molar-refractivity contribution >= 4 is 17.7 Å². The van der Waals surface area contributed by atoms with E-state index in [1.54, 1.807) is 11.8 Å². The van der Waals surface area contributed by atoms with Crippen LogP contribution >= 0.6 is 11.8 Å². The number of thioether (sulfide) groups is 1. The number of hydrogen-bond acceptors (Lipinski definition) is 4. The van der Waals surface area contributed by atoms with Crippen LogP contribution in [-0.4, -0.2) is 23.5 Å². The van der Waals surface area contributed by atoms with E-state index in [0.717, 1.165) is 17.9 Å². The molecule has 0 aromatic carbocycles. The molecule has 0 aliphatic rings. The SMILES string of the molecule is CC(N)CCSCC(C)(C)C(=O)NN. The van der Waals surface area contributed by atoms with Crippen LogP contribution in [0.5, 0.6) is 0 Å². The van der Waals surface area contributed by atoms with Crippen molar-refractivity contribution in [1.82, 2.24) is 5.43 Å². The third kappa shape index (κ3) is 5.47. The average molecular weight is 219 g/mol. The monoisotopic (exact) mass is 219 g/mol. The molecule has 0 aromatic heterocycles. The molecule has 5 heteroatoms. The molecule has 1 atom stereocenters. The molecule has 0 saturated carbocycles. The molecule has 14 heavy (non-hydrogen) atoms. The van der Waals surface area contributed by atoms with Gasteiger partial charge in [-0.15, -0.1) is 0 Å². The molecule has 0 radical (unpaired) electrons. The minimum absolute atomic E-state index is 0.120. The second-order valence-corrected chi connectivity index (χ2v) is 5.28. The van der Waals surface area contributed by atoms with Gasteiger partial charge in [-0.3, -0.25) is 10.2 Å². The second-order valence-electron chi connectivity index (χ2n) is 4.18. The number of hydrazine groups is 1. The van der Waals surface area contributed by atoms with Gasteiger partial charge in [0.15, 0.2) is 0 Å². The maximum atomic E-state index is 11.3. The first-order valence-corrected chi connectivity index (χ1v) is 5.90. The van der Waals surface area contributed by atoms with Gasteiger partial charge < -0.3 is 5.73 Å². The summed E-state index contributed by atoms with van der Waals surface area (Å²) in [7, 11) is 0. The Morgan fingerprint density at radius 2 is 2.14 bits per heavy atom. The molecule has 0 fully saturated rings. The van der Waals surface area contributed by atoms with Crippen molar-refractivity contribution in [2.45, 2.75) is 33.2 Å². The first-order valence-electron chi connectivity index (χ1n) is 4.74. The number of rotatable bonds is 6. The number of carbonyl (C=O) groups is 1. The molecule has 0 aromatic rings. The molecule has 0 aliphatic heterocycles. The van der Waals surface area contributed by atoms with Crippen LogP contribution in [0.2, 0.25) is 0 Å². The Balaban J connectivity index is 3.71. The van der Waals surface area contributed by atoms with Crippen LogP contribution in [0.15, 0.2) is 0 Å². The summed E-state index contributed by atoms with van der Waals surface area (Å²) in [6.07, 6.45) is 0.977. The normalized spacial score (nSPS) is 13.8. The zero-order valence-corrected chi connectivity index (χ0v) is 9.99. The second kappa shape index (κ2) is 6.27. The molecular weight excluding hydrogens is 198 g/mol. The maximum absolute atomic E-state index is 11.3. The predicted octanol–water partition coefficient (Wildman–Crippen LogP) is 0.473. The smallest absolute Gasteiger partial charge is 0.240 e. The van der Waals surface area contributed by atoms with Crippen molar-refractivity contribution in [2.24, 2.45) is 17.0 Å². The van der Waals surface area contributed by atoms with Crippen molar-refractivity contribution < 1.29 is 4.79 Å². The summed E-state index contributed by atoms with van der Waals surface area (Å²) in [6, 6.07) is 0.231. The minimum atomic E-state index is -0.406. The van der Waals surface area contributed by atoms with Crippen molar-refractivity contribution in [3.63, 3.8) is 0 Å². The minimum Gasteiger partial charge on any atom is -0.328 e. The molecule has 0 rings (SSSR count). The molecule has 1 amide bonds.